The summed E-state index contributed by atoms with van der Waals surface area (Å²) < 4.78 is 11.7. The summed E-state index contributed by atoms with van der Waals surface area (Å²) in [6.07, 6.45) is 5.41. The van der Waals surface area contributed by atoms with E-state index in [1.165, 1.54) is 12.8 Å². The van der Waals surface area contributed by atoms with E-state index >= 15 is 0 Å². The first kappa shape index (κ1) is 17.0. The van der Waals surface area contributed by atoms with Crippen LogP contribution in [0.2, 0.25) is 0 Å². The number of rotatable bonds is 5. The fraction of sp³-hybridized carbons (Fsp3) is 0.941. The Labute approximate surface area is 140 Å². The molecule has 1 saturated carbocycles. The minimum absolute atomic E-state index is 0.177. The van der Waals surface area contributed by atoms with E-state index in [2.05, 4.69) is 34.1 Å². The van der Waals surface area contributed by atoms with Gasteiger partial charge in [-0.1, -0.05) is 0 Å². The van der Waals surface area contributed by atoms with E-state index in [4.69, 9.17) is 9.47 Å². The minimum Gasteiger partial charge on any atom is -0.375 e. The topological polar surface area (TPSA) is 49.3 Å². The molecular formula is C17H32N4O2. The van der Waals surface area contributed by atoms with Gasteiger partial charge in [0.1, 0.15) is 6.10 Å². The molecule has 23 heavy (non-hydrogen) atoms. The lowest BCUT2D eigenvalue weighted by atomic mass is 10.1. The number of likely N-dealkylation sites (N-methyl/N-ethyl adjacent to an activating group) is 1. The van der Waals surface area contributed by atoms with Gasteiger partial charge >= 0.3 is 0 Å². The van der Waals surface area contributed by atoms with Crippen LogP contribution < -0.4 is 5.32 Å². The van der Waals surface area contributed by atoms with Crippen LogP contribution in [0.5, 0.6) is 0 Å². The highest BCUT2D eigenvalue weighted by molar-refractivity contribution is 5.80. The fourth-order valence-corrected chi connectivity index (χ4v) is 3.55. The molecule has 0 spiro atoms. The monoisotopic (exact) mass is 324 g/mol. The van der Waals surface area contributed by atoms with E-state index in [1.807, 2.05) is 7.05 Å². The quantitative estimate of drug-likeness (QED) is 0.602. The van der Waals surface area contributed by atoms with Gasteiger partial charge in [-0.15, -0.1) is 0 Å². The van der Waals surface area contributed by atoms with Crippen molar-refractivity contribution in [3.05, 3.63) is 0 Å². The molecule has 1 aliphatic carbocycles. The normalized spacial score (nSPS) is 30.8. The van der Waals surface area contributed by atoms with Gasteiger partial charge in [0.15, 0.2) is 5.96 Å². The van der Waals surface area contributed by atoms with E-state index in [-0.39, 0.29) is 12.2 Å². The lowest BCUT2D eigenvalue weighted by Gasteiger charge is -2.37. The summed E-state index contributed by atoms with van der Waals surface area (Å²) in [4.78, 5) is 9.28. The molecule has 0 aromatic heterocycles. The predicted molar refractivity (Wildman–Crippen MR) is 91.9 cm³/mol. The number of morpholine rings is 1. The Hall–Kier alpha value is -0.850. The number of hydrogen-bond acceptors (Lipinski definition) is 4. The minimum atomic E-state index is 0.177. The third-order valence-corrected chi connectivity index (χ3v) is 5.36. The Kier molecular flexibility index (Phi) is 5.77. The summed E-state index contributed by atoms with van der Waals surface area (Å²) in [5.74, 6) is 0.993. The third-order valence-electron chi connectivity index (χ3n) is 5.36. The van der Waals surface area contributed by atoms with E-state index in [0.717, 1.165) is 57.7 Å². The Morgan fingerprint density at radius 3 is 2.70 bits per heavy atom. The Balaban J connectivity index is 1.48. The molecule has 1 N–H and O–H groups in total. The Morgan fingerprint density at radius 1 is 1.26 bits per heavy atom. The molecule has 2 aliphatic heterocycles. The lowest BCUT2D eigenvalue weighted by Crippen LogP contribution is -2.54. The van der Waals surface area contributed by atoms with Crippen molar-refractivity contribution in [1.29, 1.82) is 0 Å². The second kappa shape index (κ2) is 7.81. The van der Waals surface area contributed by atoms with Crippen LogP contribution in [0.3, 0.4) is 0 Å². The summed E-state index contributed by atoms with van der Waals surface area (Å²) in [7, 11) is 4.10. The van der Waals surface area contributed by atoms with Crippen LogP contribution in [-0.4, -0.2) is 87.0 Å². The van der Waals surface area contributed by atoms with Crippen LogP contribution in [0.25, 0.3) is 0 Å². The van der Waals surface area contributed by atoms with Crippen molar-refractivity contribution < 1.29 is 9.47 Å². The summed E-state index contributed by atoms with van der Waals surface area (Å²) in [5, 5.41) is 3.55. The zero-order chi connectivity index (χ0) is 16.2. The maximum Gasteiger partial charge on any atom is 0.193 e. The molecule has 0 aromatic carbocycles. The van der Waals surface area contributed by atoms with Gasteiger partial charge in [-0.05, 0) is 39.7 Å². The first-order valence-corrected chi connectivity index (χ1v) is 9.09. The lowest BCUT2D eigenvalue weighted by molar-refractivity contribution is -0.0817. The van der Waals surface area contributed by atoms with Crippen LogP contribution >= 0.6 is 0 Å². The zero-order valence-electron chi connectivity index (χ0n) is 14.8. The van der Waals surface area contributed by atoms with Gasteiger partial charge in [0.05, 0.1) is 12.7 Å². The second-order valence-corrected chi connectivity index (χ2v) is 7.08. The van der Waals surface area contributed by atoms with Crippen LogP contribution in [0.1, 0.15) is 32.6 Å². The number of aliphatic imine (C=N–C) groups is 1. The number of ether oxygens (including phenoxy) is 2. The first-order chi connectivity index (χ1) is 11.2. The summed E-state index contributed by atoms with van der Waals surface area (Å²) in [6, 6.07) is 1.32. The molecule has 6 nitrogen and oxygen atoms in total. The SMILES string of the molecule is CN=C(NCC(C)N(C)C1CC1)N1CCOC(C2CCCO2)C1. The number of hydrogen-bond donors (Lipinski definition) is 1. The van der Waals surface area contributed by atoms with Gasteiger partial charge in [-0.2, -0.15) is 0 Å². The highest BCUT2D eigenvalue weighted by atomic mass is 16.5. The molecule has 0 radical (unpaired) electrons. The van der Waals surface area contributed by atoms with Crippen molar-refractivity contribution in [3.8, 4) is 0 Å². The standard InChI is InChI=1S/C17H32N4O2/c1-13(20(3)14-6-7-14)11-19-17(18-2)21-8-10-23-16(12-21)15-5-4-9-22-15/h13-16H,4-12H2,1-3H3,(H,18,19). The van der Waals surface area contributed by atoms with Crippen molar-refractivity contribution in [3.63, 3.8) is 0 Å². The molecule has 6 heteroatoms. The average Bonchev–Trinajstić information content (AvgIpc) is 3.28. The molecule has 3 fully saturated rings. The number of nitrogens with one attached hydrogen (secondary N) is 1. The Morgan fingerprint density at radius 2 is 2.04 bits per heavy atom. The molecular weight excluding hydrogens is 292 g/mol. The molecule has 0 bridgehead atoms. The smallest absolute Gasteiger partial charge is 0.193 e. The van der Waals surface area contributed by atoms with Gasteiger partial charge in [0.25, 0.3) is 0 Å². The van der Waals surface area contributed by atoms with Crippen LogP contribution in [-0.2, 0) is 9.47 Å². The van der Waals surface area contributed by atoms with Crippen molar-refractivity contribution >= 4 is 5.96 Å². The molecule has 0 aromatic rings. The van der Waals surface area contributed by atoms with Gasteiger partial charge in [0.2, 0.25) is 0 Å². The highest BCUT2D eigenvalue weighted by Crippen LogP contribution is 2.26. The van der Waals surface area contributed by atoms with Gasteiger partial charge in [-0.3, -0.25) is 9.89 Å². The Bertz CT molecular complexity index is 407. The molecule has 3 atom stereocenters. The van der Waals surface area contributed by atoms with Crippen LogP contribution in [0.15, 0.2) is 4.99 Å². The molecule has 3 unspecified atom stereocenters. The van der Waals surface area contributed by atoms with Crippen molar-refractivity contribution in [2.75, 3.05) is 46.9 Å². The molecule has 3 rings (SSSR count). The van der Waals surface area contributed by atoms with Crippen molar-refractivity contribution in [2.45, 2.75) is 56.9 Å². The maximum absolute atomic E-state index is 5.93. The highest BCUT2D eigenvalue weighted by Gasteiger charge is 2.33. The largest absolute Gasteiger partial charge is 0.375 e. The molecule has 3 aliphatic rings. The van der Waals surface area contributed by atoms with Gasteiger partial charge < -0.3 is 19.7 Å². The fourth-order valence-electron chi connectivity index (χ4n) is 3.55. The van der Waals surface area contributed by atoms with E-state index in [0.29, 0.717) is 6.04 Å². The van der Waals surface area contributed by atoms with E-state index in [9.17, 15) is 0 Å². The van der Waals surface area contributed by atoms with Crippen molar-refractivity contribution in [2.24, 2.45) is 4.99 Å². The average molecular weight is 324 g/mol. The summed E-state index contributed by atoms with van der Waals surface area (Å²) in [5.41, 5.74) is 0. The van der Waals surface area contributed by atoms with Gasteiger partial charge in [0, 0.05) is 45.4 Å². The molecule has 0 amide bonds. The van der Waals surface area contributed by atoms with E-state index in [1.54, 1.807) is 0 Å². The third kappa shape index (κ3) is 4.37. The summed E-state index contributed by atoms with van der Waals surface area (Å²) in [6.45, 7) is 6.62. The number of nitrogens with zero attached hydrogens (tertiary/aromatic N) is 3. The van der Waals surface area contributed by atoms with Crippen LogP contribution in [0, 0.1) is 0 Å². The van der Waals surface area contributed by atoms with Crippen molar-refractivity contribution in [1.82, 2.24) is 15.1 Å². The molecule has 132 valence electrons. The second-order valence-electron chi connectivity index (χ2n) is 7.08. The van der Waals surface area contributed by atoms with E-state index < -0.39 is 0 Å². The predicted octanol–water partition coefficient (Wildman–Crippen LogP) is 0.924. The molecule has 2 saturated heterocycles. The van der Waals surface area contributed by atoms with Crippen LogP contribution in [0.4, 0.5) is 0 Å². The van der Waals surface area contributed by atoms with Gasteiger partial charge in [-0.25, -0.2) is 0 Å². The summed E-state index contributed by atoms with van der Waals surface area (Å²) >= 11 is 0. The first-order valence-electron chi connectivity index (χ1n) is 9.09. The maximum atomic E-state index is 5.93. The zero-order valence-corrected chi connectivity index (χ0v) is 14.8. The number of guanidine groups is 1. The molecule has 2 heterocycles.